The van der Waals surface area contributed by atoms with Crippen LogP contribution in [-0.2, 0) is 14.8 Å². The highest BCUT2D eigenvalue weighted by atomic mass is 32.2. The van der Waals surface area contributed by atoms with Crippen LogP contribution >= 0.6 is 0 Å². The van der Waals surface area contributed by atoms with Gasteiger partial charge in [-0.15, -0.1) is 0 Å². The summed E-state index contributed by atoms with van der Waals surface area (Å²) < 4.78 is 41.6. The molecule has 13 nitrogen and oxygen atoms in total. The Bertz CT molecular complexity index is 992. The number of hydrogen-bond donors (Lipinski definition) is 3. The monoisotopic (exact) mass is 426 g/mol. The number of anilines is 1. The van der Waals surface area contributed by atoms with Gasteiger partial charge >= 0.3 is 12.0 Å². The Kier molecular flexibility index (Phi) is 6.87. The molecule has 156 valence electrons. The van der Waals surface area contributed by atoms with Crippen LogP contribution in [0.15, 0.2) is 35.2 Å². The predicted octanol–water partition coefficient (Wildman–Crippen LogP) is -0.436. The molecular formula is C15H18N6O7S. The Labute approximate surface area is 165 Å². The van der Waals surface area contributed by atoms with Gasteiger partial charge in [0, 0.05) is 0 Å². The van der Waals surface area contributed by atoms with Crippen LogP contribution in [0.1, 0.15) is 10.4 Å². The molecule has 0 spiro atoms. The molecule has 0 bridgehead atoms. The van der Waals surface area contributed by atoms with E-state index in [-0.39, 0.29) is 23.3 Å². The quantitative estimate of drug-likeness (QED) is 0.297. The molecule has 2 amide bonds. The Morgan fingerprint density at radius 3 is 2.17 bits per heavy atom. The van der Waals surface area contributed by atoms with E-state index in [0.717, 1.165) is 13.2 Å². The van der Waals surface area contributed by atoms with Gasteiger partial charge in [-0.1, -0.05) is 12.1 Å². The number of carbonyl (C=O) groups is 2. The topological polar surface area (TPSA) is 175 Å². The smallest absolute Gasteiger partial charge is 0.354 e. The number of nitrogens with one attached hydrogen (secondary N) is 2. The van der Waals surface area contributed by atoms with E-state index in [1.165, 1.54) is 38.5 Å². The number of sulfonamides is 1. The molecule has 0 aliphatic heterocycles. The van der Waals surface area contributed by atoms with Crippen molar-refractivity contribution in [1.29, 1.82) is 0 Å². The molecule has 1 aromatic heterocycles. The summed E-state index contributed by atoms with van der Waals surface area (Å²) in [5.41, 5.74) is 1.71. The van der Waals surface area contributed by atoms with Gasteiger partial charge in [-0.05, 0) is 12.1 Å². The molecule has 0 saturated heterocycles. The standard InChI is InChI=1S/C15H18N6O7S/c1-26-11-8-12(27-2)18-14(17-11)21(20-16)15(23)19-29(24,25)10-7-5-4-6-9(10)13(22)28-3/h4-8,20H,16H2,1-3H3,(H,19,23). The maximum Gasteiger partial charge on any atom is 0.354 e. The number of benzene rings is 1. The zero-order valence-electron chi connectivity index (χ0n) is 15.6. The number of amides is 2. The summed E-state index contributed by atoms with van der Waals surface area (Å²) in [6.45, 7) is 0. The van der Waals surface area contributed by atoms with Crippen LogP contribution in [0.25, 0.3) is 0 Å². The van der Waals surface area contributed by atoms with Crippen molar-refractivity contribution >= 4 is 28.0 Å². The van der Waals surface area contributed by atoms with Gasteiger partial charge in [0.15, 0.2) is 0 Å². The third kappa shape index (κ3) is 4.87. The molecule has 14 heteroatoms. The van der Waals surface area contributed by atoms with Crippen LogP contribution in [0.5, 0.6) is 11.8 Å². The molecule has 0 saturated carbocycles. The van der Waals surface area contributed by atoms with Crippen molar-refractivity contribution in [1.82, 2.24) is 20.2 Å². The predicted molar refractivity (Wildman–Crippen MR) is 98.4 cm³/mol. The molecule has 0 atom stereocenters. The van der Waals surface area contributed by atoms with Gasteiger partial charge in [0.25, 0.3) is 16.0 Å². The summed E-state index contributed by atoms with van der Waals surface area (Å²) >= 11 is 0. The van der Waals surface area contributed by atoms with Crippen LogP contribution < -0.4 is 30.6 Å². The summed E-state index contributed by atoms with van der Waals surface area (Å²) in [7, 11) is -0.761. The lowest BCUT2D eigenvalue weighted by molar-refractivity contribution is 0.0596. The first-order chi connectivity index (χ1) is 13.8. The van der Waals surface area contributed by atoms with Crippen molar-refractivity contribution in [3.05, 3.63) is 35.9 Å². The van der Waals surface area contributed by atoms with Gasteiger partial charge in [0.05, 0.1) is 33.0 Å². The van der Waals surface area contributed by atoms with E-state index >= 15 is 0 Å². The second kappa shape index (κ2) is 9.13. The van der Waals surface area contributed by atoms with Crippen LogP contribution in [0.2, 0.25) is 0 Å². The first-order valence-electron chi connectivity index (χ1n) is 7.75. The number of urea groups is 1. The minimum atomic E-state index is -4.50. The van der Waals surface area contributed by atoms with Crippen molar-refractivity contribution in [2.75, 3.05) is 26.3 Å². The summed E-state index contributed by atoms with van der Waals surface area (Å²) in [5, 5.41) is 0.503. The van der Waals surface area contributed by atoms with Crippen molar-refractivity contribution in [3.63, 3.8) is 0 Å². The highest BCUT2D eigenvalue weighted by molar-refractivity contribution is 7.90. The lowest BCUT2D eigenvalue weighted by Crippen LogP contribution is -2.53. The average molecular weight is 426 g/mol. The number of methoxy groups -OCH3 is 3. The van der Waals surface area contributed by atoms with E-state index in [0.29, 0.717) is 5.01 Å². The first-order valence-corrected chi connectivity index (χ1v) is 9.23. The second-order valence-electron chi connectivity index (χ2n) is 5.12. The number of nitrogens with two attached hydrogens (primary N) is 1. The average Bonchev–Trinajstić information content (AvgIpc) is 2.72. The molecule has 0 fully saturated rings. The molecule has 29 heavy (non-hydrogen) atoms. The molecule has 0 aliphatic carbocycles. The van der Waals surface area contributed by atoms with Gasteiger partial charge in [-0.3, -0.25) is 5.84 Å². The lowest BCUT2D eigenvalue weighted by atomic mass is 10.2. The summed E-state index contributed by atoms with van der Waals surface area (Å²) in [5.74, 6) is 4.13. The second-order valence-corrected chi connectivity index (χ2v) is 6.77. The SMILES string of the molecule is COC(=O)c1ccccc1S(=O)(=O)NC(=O)N(NN)c1nc(OC)cc(OC)n1. The maximum absolute atomic E-state index is 12.7. The van der Waals surface area contributed by atoms with Gasteiger partial charge < -0.3 is 14.2 Å². The van der Waals surface area contributed by atoms with Crippen molar-refractivity contribution in [3.8, 4) is 11.8 Å². The number of hydrogen-bond acceptors (Lipinski definition) is 11. The van der Waals surface area contributed by atoms with Crippen LogP contribution in [0.4, 0.5) is 10.7 Å². The summed E-state index contributed by atoms with van der Waals surface area (Å²) in [4.78, 5) is 31.7. The third-order valence-corrected chi connectivity index (χ3v) is 4.80. The number of ether oxygens (including phenoxy) is 3. The van der Waals surface area contributed by atoms with Crippen LogP contribution in [0.3, 0.4) is 0 Å². The molecule has 1 heterocycles. The van der Waals surface area contributed by atoms with E-state index < -0.39 is 26.9 Å². The van der Waals surface area contributed by atoms with Gasteiger partial charge in [-0.25, -0.2) is 22.7 Å². The van der Waals surface area contributed by atoms with Crippen LogP contribution in [0, 0.1) is 0 Å². The fourth-order valence-electron chi connectivity index (χ4n) is 2.10. The zero-order valence-corrected chi connectivity index (χ0v) is 16.4. The highest BCUT2D eigenvalue weighted by Gasteiger charge is 2.28. The lowest BCUT2D eigenvalue weighted by Gasteiger charge is -2.20. The fraction of sp³-hybridized carbons (Fsp3) is 0.200. The van der Waals surface area contributed by atoms with Crippen LogP contribution in [-0.4, -0.2) is 51.7 Å². The van der Waals surface area contributed by atoms with E-state index in [4.69, 9.17) is 15.3 Å². The zero-order chi connectivity index (χ0) is 21.6. The Hall–Kier alpha value is -3.49. The highest BCUT2D eigenvalue weighted by Crippen LogP contribution is 2.20. The van der Waals surface area contributed by atoms with Crippen molar-refractivity contribution in [2.45, 2.75) is 4.90 Å². The number of rotatable bonds is 7. The number of aromatic nitrogens is 2. The number of esters is 1. The van der Waals surface area contributed by atoms with E-state index in [9.17, 15) is 18.0 Å². The molecule has 4 N–H and O–H groups in total. The Morgan fingerprint density at radius 2 is 1.66 bits per heavy atom. The molecule has 2 aromatic rings. The Balaban J connectivity index is 2.38. The summed E-state index contributed by atoms with van der Waals surface area (Å²) in [6.07, 6.45) is 0. The normalized spacial score (nSPS) is 10.8. The molecule has 2 rings (SSSR count). The maximum atomic E-state index is 12.7. The number of hydrazine groups is 2. The van der Waals surface area contributed by atoms with Gasteiger partial charge in [-0.2, -0.15) is 20.5 Å². The molecular weight excluding hydrogens is 408 g/mol. The van der Waals surface area contributed by atoms with E-state index in [2.05, 4.69) is 14.7 Å². The fourth-order valence-corrected chi connectivity index (χ4v) is 3.23. The van der Waals surface area contributed by atoms with Gasteiger partial charge in [0.1, 0.15) is 4.90 Å². The van der Waals surface area contributed by atoms with Gasteiger partial charge in [0.2, 0.25) is 11.8 Å². The molecule has 0 radical (unpaired) electrons. The van der Waals surface area contributed by atoms with Crippen molar-refractivity contribution in [2.24, 2.45) is 5.84 Å². The molecule has 0 unspecified atom stereocenters. The van der Waals surface area contributed by atoms with E-state index in [1.807, 2.05) is 5.53 Å². The van der Waals surface area contributed by atoms with E-state index in [1.54, 1.807) is 4.72 Å². The molecule has 0 aliphatic rings. The molecule has 1 aromatic carbocycles. The number of carbonyl (C=O) groups excluding carboxylic acids is 2. The third-order valence-electron chi connectivity index (χ3n) is 3.42. The minimum absolute atomic E-state index is 0.0267. The number of nitrogens with zero attached hydrogens (tertiary/aromatic N) is 3. The van der Waals surface area contributed by atoms with Crippen molar-refractivity contribution < 1.29 is 32.2 Å². The first kappa shape index (κ1) is 21.8. The largest absolute Gasteiger partial charge is 0.481 e. The Morgan fingerprint density at radius 1 is 1.07 bits per heavy atom. The summed E-state index contributed by atoms with van der Waals surface area (Å²) in [6, 6.07) is 5.26. The minimum Gasteiger partial charge on any atom is -0.481 e.